The predicted molar refractivity (Wildman–Crippen MR) is 89.7 cm³/mol. The second-order valence-corrected chi connectivity index (χ2v) is 6.86. The molecule has 122 valence electrons. The van der Waals surface area contributed by atoms with Gasteiger partial charge in [0.2, 0.25) is 0 Å². The predicted octanol–water partition coefficient (Wildman–Crippen LogP) is 2.01. The molecule has 4 heterocycles. The third-order valence-corrected chi connectivity index (χ3v) is 4.96. The summed E-state index contributed by atoms with van der Waals surface area (Å²) in [6.45, 7) is 7.78. The van der Waals surface area contributed by atoms with Crippen molar-refractivity contribution in [1.82, 2.24) is 24.3 Å². The largest absolute Gasteiger partial charge is 0.333 e. The van der Waals surface area contributed by atoms with E-state index in [1.165, 1.54) is 38.3 Å². The molecule has 2 aromatic heterocycles. The standard InChI is InChI=1S/C18H25N5/c1-2-6-19-17(5-1)14-22-12-16(11-21-8-3-4-9-21)13-23-10-7-20-18(23)15-22/h1-2,5-7,10,16H,3-4,8-9,11-15H2/t16-/m0/s1. The van der Waals surface area contributed by atoms with E-state index in [9.17, 15) is 0 Å². The van der Waals surface area contributed by atoms with Gasteiger partial charge >= 0.3 is 0 Å². The Kier molecular flexibility index (Phi) is 4.39. The molecule has 0 aromatic carbocycles. The van der Waals surface area contributed by atoms with Crippen molar-refractivity contribution < 1.29 is 0 Å². The summed E-state index contributed by atoms with van der Waals surface area (Å²) in [6.07, 6.45) is 8.68. The van der Waals surface area contributed by atoms with Gasteiger partial charge in [-0.05, 0) is 38.1 Å². The summed E-state index contributed by atoms with van der Waals surface area (Å²) in [6, 6.07) is 6.17. The lowest BCUT2D eigenvalue weighted by Crippen LogP contribution is -2.35. The van der Waals surface area contributed by atoms with Crippen molar-refractivity contribution >= 4 is 0 Å². The summed E-state index contributed by atoms with van der Waals surface area (Å²) in [5.41, 5.74) is 1.15. The first kappa shape index (κ1) is 14.8. The lowest BCUT2D eigenvalue weighted by Gasteiger charge is -2.26. The Hall–Kier alpha value is -1.72. The molecule has 0 N–H and O–H groups in total. The topological polar surface area (TPSA) is 37.2 Å². The number of likely N-dealkylation sites (tertiary alicyclic amines) is 1. The Morgan fingerprint density at radius 3 is 2.74 bits per heavy atom. The van der Waals surface area contributed by atoms with E-state index in [2.05, 4.69) is 42.7 Å². The van der Waals surface area contributed by atoms with Gasteiger partial charge in [0.25, 0.3) is 0 Å². The second-order valence-electron chi connectivity index (χ2n) is 6.86. The minimum atomic E-state index is 0.660. The number of fused-ring (bicyclic) bond motifs is 1. The van der Waals surface area contributed by atoms with E-state index in [0.717, 1.165) is 31.9 Å². The molecule has 0 spiro atoms. The molecule has 1 saturated heterocycles. The SMILES string of the molecule is c1ccc(CN2Cc3nccn3C[C@@H](CN3CCCC3)C2)nc1. The summed E-state index contributed by atoms with van der Waals surface area (Å²) in [5.74, 6) is 1.84. The van der Waals surface area contributed by atoms with Gasteiger partial charge in [-0.1, -0.05) is 6.07 Å². The van der Waals surface area contributed by atoms with Gasteiger partial charge in [-0.2, -0.15) is 0 Å². The van der Waals surface area contributed by atoms with Crippen LogP contribution in [0.25, 0.3) is 0 Å². The van der Waals surface area contributed by atoms with E-state index in [0.29, 0.717) is 5.92 Å². The molecular weight excluding hydrogens is 286 g/mol. The molecule has 2 aliphatic rings. The highest BCUT2D eigenvalue weighted by Crippen LogP contribution is 2.20. The molecule has 5 nitrogen and oxygen atoms in total. The first-order valence-corrected chi connectivity index (χ1v) is 8.71. The number of hydrogen-bond acceptors (Lipinski definition) is 4. The molecule has 0 bridgehead atoms. The fraction of sp³-hybridized carbons (Fsp3) is 0.556. The van der Waals surface area contributed by atoms with Crippen LogP contribution in [0, 0.1) is 5.92 Å². The summed E-state index contributed by atoms with van der Waals surface area (Å²) >= 11 is 0. The molecule has 1 fully saturated rings. The fourth-order valence-corrected chi connectivity index (χ4v) is 3.91. The molecule has 0 amide bonds. The Morgan fingerprint density at radius 2 is 1.91 bits per heavy atom. The maximum atomic E-state index is 4.56. The smallest absolute Gasteiger partial charge is 0.122 e. The first-order valence-electron chi connectivity index (χ1n) is 8.71. The summed E-state index contributed by atoms with van der Waals surface area (Å²) in [4.78, 5) is 14.2. The van der Waals surface area contributed by atoms with Crippen LogP contribution in [0.5, 0.6) is 0 Å². The molecule has 2 aromatic rings. The van der Waals surface area contributed by atoms with Crippen LogP contribution in [0.3, 0.4) is 0 Å². The van der Waals surface area contributed by atoms with Crippen molar-refractivity contribution in [2.75, 3.05) is 26.2 Å². The molecular formula is C18H25N5. The monoisotopic (exact) mass is 311 g/mol. The quantitative estimate of drug-likeness (QED) is 0.865. The van der Waals surface area contributed by atoms with Crippen molar-refractivity contribution in [2.45, 2.75) is 32.5 Å². The molecule has 2 aliphatic heterocycles. The molecule has 0 saturated carbocycles. The van der Waals surface area contributed by atoms with Gasteiger partial charge in [0.1, 0.15) is 5.82 Å². The first-order chi connectivity index (χ1) is 11.4. The van der Waals surface area contributed by atoms with Crippen molar-refractivity contribution in [2.24, 2.45) is 5.92 Å². The zero-order valence-corrected chi connectivity index (χ0v) is 13.6. The zero-order valence-electron chi connectivity index (χ0n) is 13.6. The van der Waals surface area contributed by atoms with Crippen LogP contribution in [0.2, 0.25) is 0 Å². The normalized spacial score (nSPS) is 22.9. The molecule has 4 rings (SSSR count). The number of rotatable bonds is 4. The molecule has 0 aliphatic carbocycles. The molecule has 0 unspecified atom stereocenters. The summed E-state index contributed by atoms with van der Waals surface area (Å²) in [7, 11) is 0. The minimum absolute atomic E-state index is 0.660. The Bertz CT molecular complexity index is 617. The van der Waals surface area contributed by atoms with Gasteiger partial charge in [0.15, 0.2) is 0 Å². The Morgan fingerprint density at radius 1 is 1.00 bits per heavy atom. The van der Waals surface area contributed by atoms with Crippen molar-refractivity contribution in [3.05, 3.63) is 48.3 Å². The van der Waals surface area contributed by atoms with Crippen LogP contribution in [-0.4, -0.2) is 50.5 Å². The third kappa shape index (κ3) is 3.62. The number of hydrogen-bond donors (Lipinski definition) is 0. The number of imidazole rings is 1. The maximum absolute atomic E-state index is 4.56. The van der Waals surface area contributed by atoms with E-state index in [-0.39, 0.29) is 0 Å². The van der Waals surface area contributed by atoms with E-state index >= 15 is 0 Å². The van der Waals surface area contributed by atoms with E-state index in [1.807, 2.05) is 18.5 Å². The maximum Gasteiger partial charge on any atom is 0.122 e. The number of nitrogens with zero attached hydrogens (tertiary/aromatic N) is 5. The van der Waals surface area contributed by atoms with Crippen molar-refractivity contribution in [3.63, 3.8) is 0 Å². The van der Waals surface area contributed by atoms with Crippen LogP contribution in [-0.2, 0) is 19.6 Å². The van der Waals surface area contributed by atoms with Gasteiger partial charge in [-0.3, -0.25) is 9.88 Å². The molecule has 0 radical (unpaired) electrons. The third-order valence-electron chi connectivity index (χ3n) is 4.96. The van der Waals surface area contributed by atoms with Crippen LogP contribution < -0.4 is 0 Å². The van der Waals surface area contributed by atoms with Crippen LogP contribution in [0.1, 0.15) is 24.4 Å². The highest BCUT2D eigenvalue weighted by molar-refractivity contribution is 5.04. The van der Waals surface area contributed by atoms with E-state index in [4.69, 9.17) is 0 Å². The van der Waals surface area contributed by atoms with Crippen LogP contribution in [0.15, 0.2) is 36.8 Å². The average Bonchev–Trinajstić information content (AvgIpc) is 3.18. The average molecular weight is 311 g/mol. The van der Waals surface area contributed by atoms with Crippen LogP contribution >= 0.6 is 0 Å². The molecule has 1 atom stereocenters. The Labute approximate surface area is 138 Å². The van der Waals surface area contributed by atoms with E-state index in [1.54, 1.807) is 0 Å². The fourth-order valence-electron chi connectivity index (χ4n) is 3.91. The lowest BCUT2D eigenvalue weighted by molar-refractivity contribution is 0.181. The zero-order chi connectivity index (χ0) is 15.5. The van der Waals surface area contributed by atoms with Gasteiger partial charge in [-0.25, -0.2) is 4.98 Å². The van der Waals surface area contributed by atoms with Crippen molar-refractivity contribution in [1.29, 1.82) is 0 Å². The van der Waals surface area contributed by atoms with Gasteiger partial charge in [0.05, 0.1) is 12.2 Å². The Balaban J connectivity index is 1.49. The molecule has 23 heavy (non-hydrogen) atoms. The lowest BCUT2D eigenvalue weighted by atomic mass is 10.1. The summed E-state index contributed by atoms with van der Waals surface area (Å²) < 4.78 is 2.35. The second kappa shape index (κ2) is 6.81. The highest BCUT2D eigenvalue weighted by atomic mass is 15.2. The highest BCUT2D eigenvalue weighted by Gasteiger charge is 2.25. The van der Waals surface area contributed by atoms with Gasteiger partial charge < -0.3 is 9.47 Å². The van der Waals surface area contributed by atoms with Gasteiger partial charge in [-0.15, -0.1) is 0 Å². The number of pyridine rings is 1. The minimum Gasteiger partial charge on any atom is -0.333 e. The number of aromatic nitrogens is 3. The molecule has 5 heteroatoms. The van der Waals surface area contributed by atoms with Crippen molar-refractivity contribution in [3.8, 4) is 0 Å². The van der Waals surface area contributed by atoms with E-state index < -0.39 is 0 Å². The van der Waals surface area contributed by atoms with Crippen LogP contribution in [0.4, 0.5) is 0 Å². The summed E-state index contributed by atoms with van der Waals surface area (Å²) in [5, 5.41) is 0. The van der Waals surface area contributed by atoms with Gasteiger partial charge in [0, 0.05) is 50.7 Å².